The summed E-state index contributed by atoms with van der Waals surface area (Å²) in [4.78, 5) is 22.5. The van der Waals surface area contributed by atoms with Crippen molar-refractivity contribution >= 4 is 45.4 Å². The lowest BCUT2D eigenvalue weighted by atomic mass is 10.1. The molecule has 0 aliphatic rings. The Morgan fingerprint density at radius 3 is 2.69 bits per heavy atom. The maximum absolute atomic E-state index is 12.9. The Labute approximate surface area is 159 Å². The van der Waals surface area contributed by atoms with Gasteiger partial charge in [0, 0.05) is 11.6 Å². The smallest absolute Gasteiger partial charge is 0.275 e. The molecule has 0 spiro atoms. The second kappa shape index (κ2) is 6.86. The molecule has 128 valence electrons. The van der Waals surface area contributed by atoms with E-state index in [1.54, 1.807) is 18.3 Å². The summed E-state index contributed by atoms with van der Waals surface area (Å²) in [5, 5.41) is 5.14. The predicted octanol–water partition coefficient (Wildman–Crippen LogP) is 5.57. The number of hydrogen-bond donors (Lipinski definition) is 1. The molecule has 0 atom stereocenters. The SMILES string of the molecule is Cc1nc(C(=O)Nc2ccc(Cl)c3ncccc23)c(-c2ccccc2)s1. The Balaban J connectivity index is 1.74. The number of thiazole rings is 1. The van der Waals surface area contributed by atoms with Crippen molar-refractivity contribution in [3.63, 3.8) is 0 Å². The maximum atomic E-state index is 12.9. The molecule has 2 aromatic carbocycles. The molecule has 0 fully saturated rings. The molecule has 0 bridgehead atoms. The molecular weight excluding hydrogens is 366 g/mol. The summed E-state index contributed by atoms with van der Waals surface area (Å²) >= 11 is 7.71. The van der Waals surface area contributed by atoms with Crippen molar-refractivity contribution < 1.29 is 4.79 Å². The second-order valence-corrected chi connectivity index (χ2v) is 7.34. The van der Waals surface area contributed by atoms with E-state index in [-0.39, 0.29) is 5.91 Å². The van der Waals surface area contributed by atoms with Crippen molar-refractivity contribution in [3.05, 3.63) is 76.5 Å². The summed E-state index contributed by atoms with van der Waals surface area (Å²) in [5.41, 5.74) is 2.72. The number of aromatic nitrogens is 2. The van der Waals surface area contributed by atoms with E-state index in [0.29, 0.717) is 21.9 Å². The van der Waals surface area contributed by atoms with Crippen molar-refractivity contribution in [1.29, 1.82) is 0 Å². The van der Waals surface area contributed by atoms with Gasteiger partial charge in [0.25, 0.3) is 5.91 Å². The van der Waals surface area contributed by atoms with Crippen LogP contribution in [0.5, 0.6) is 0 Å². The first kappa shape index (κ1) is 16.7. The van der Waals surface area contributed by atoms with Gasteiger partial charge >= 0.3 is 0 Å². The first-order chi connectivity index (χ1) is 12.6. The number of carbonyl (C=O) groups excluding carboxylic acids is 1. The van der Waals surface area contributed by atoms with E-state index >= 15 is 0 Å². The van der Waals surface area contributed by atoms with Gasteiger partial charge in [0.05, 0.1) is 26.1 Å². The minimum atomic E-state index is -0.249. The van der Waals surface area contributed by atoms with Crippen LogP contribution >= 0.6 is 22.9 Å². The Morgan fingerprint density at radius 2 is 1.88 bits per heavy atom. The molecule has 2 heterocycles. The van der Waals surface area contributed by atoms with E-state index in [1.165, 1.54) is 11.3 Å². The van der Waals surface area contributed by atoms with Gasteiger partial charge in [-0.15, -0.1) is 11.3 Å². The lowest BCUT2D eigenvalue weighted by Crippen LogP contribution is -2.13. The van der Waals surface area contributed by atoms with Gasteiger partial charge in [-0.05, 0) is 36.8 Å². The van der Waals surface area contributed by atoms with E-state index in [0.717, 1.165) is 20.8 Å². The van der Waals surface area contributed by atoms with E-state index in [9.17, 15) is 4.79 Å². The fourth-order valence-electron chi connectivity index (χ4n) is 2.79. The monoisotopic (exact) mass is 379 g/mol. The molecule has 0 unspecified atom stereocenters. The quantitative estimate of drug-likeness (QED) is 0.506. The molecule has 26 heavy (non-hydrogen) atoms. The zero-order chi connectivity index (χ0) is 18.1. The van der Waals surface area contributed by atoms with Crippen LogP contribution in [0, 0.1) is 6.92 Å². The molecule has 4 aromatic rings. The molecule has 6 heteroatoms. The molecule has 1 N–H and O–H groups in total. The van der Waals surface area contributed by atoms with Crippen LogP contribution in [0.15, 0.2) is 60.8 Å². The van der Waals surface area contributed by atoms with Crippen molar-refractivity contribution in [3.8, 4) is 10.4 Å². The van der Waals surface area contributed by atoms with Crippen LogP contribution in [0.3, 0.4) is 0 Å². The molecule has 4 rings (SSSR count). The summed E-state index contributed by atoms with van der Waals surface area (Å²) in [6.45, 7) is 1.90. The van der Waals surface area contributed by atoms with Crippen molar-refractivity contribution in [2.24, 2.45) is 0 Å². The highest BCUT2D eigenvalue weighted by atomic mass is 35.5. The number of nitrogens with one attached hydrogen (secondary N) is 1. The average Bonchev–Trinajstić information content (AvgIpc) is 3.07. The van der Waals surface area contributed by atoms with Crippen molar-refractivity contribution in [1.82, 2.24) is 9.97 Å². The molecule has 0 radical (unpaired) electrons. The van der Waals surface area contributed by atoms with Crippen LogP contribution in [-0.2, 0) is 0 Å². The third kappa shape index (κ3) is 3.07. The lowest BCUT2D eigenvalue weighted by molar-refractivity contribution is 0.102. The number of rotatable bonds is 3. The van der Waals surface area contributed by atoms with Gasteiger partial charge in [0.2, 0.25) is 0 Å². The molecule has 0 saturated carbocycles. The first-order valence-corrected chi connectivity index (χ1v) is 9.20. The number of aryl methyl sites for hydroxylation is 1. The van der Waals surface area contributed by atoms with Gasteiger partial charge in [-0.25, -0.2) is 4.98 Å². The van der Waals surface area contributed by atoms with Crippen molar-refractivity contribution in [2.75, 3.05) is 5.32 Å². The Morgan fingerprint density at radius 1 is 1.08 bits per heavy atom. The minimum Gasteiger partial charge on any atom is -0.320 e. The number of amides is 1. The standard InChI is InChI=1S/C20H14ClN3OS/c1-12-23-18(19(26-12)13-6-3-2-4-7-13)20(25)24-16-10-9-15(21)17-14(16)8-5-11-22-17/h2-11H,1H3,(H,24,25). The van der Waals surface area contributed by atoms with Crippen LogP contribution in [0.25, 0.3) is 21.3 Å². The Hall–Kier alpha value is -2.76. The number of nitrogens with zero attached hydrogens (tertiary/aromatic N) is 2. The highest BCUT2D eigenvalue weighted by Crippen LogP contribution is 2.32. The average molecular weight is 380 g/mol. The summed E-state index contributed by atoms with van der Waals surface area (Å²) in [5.74, 6) is -0.249. The van der Waals surface area contributed by atoms with Crippen LogP contribution in [0.2, 0.25) is 5.02 Å². The third-order valence-electron chi connectivity index (χ3n) is 3.95. The Bertz CT molecular complexity index is 1110. The molecule has 1 amide bonds. The molecular formula is C20H14ClN3OS. The number of benzene rings is 2. The molecule has 2 aromatic heterocycles. The summed E-state index contributed by atoms with van der Waals surface area (Å²) in [7, 11) is 0. The van der Waals surface area contributed by atoms with Crippen LogP contribution in [-0.4, -0.2) is 15.9 Å². The fourth-order valence-corrected chi connectivity index (χ4v) is 3.93. The van der Waals surface area contributed by atoms with Gasteiger partial charge in [0.15, 0.2) is 0 Å². The van der Waals surface area contributed by atoms with E-state index in [1.807, 2.05) is 49.4 Å². The predicted molar refractivity (Wildman–Crippen MR) is 107 cm³/mol. The van der Waals surface area contributed by atoms with Crippen LogP contribution < -0.4 is 5.32 Å². The lowest BCUT2D eigenvalue weighted by Gasteiger charge is -2.09. The highest BCUT2D eigenvalue weighted by Gasteiger charge is 2.19. The van der Waals surface area contributed by atoms with Crippen LogP contribution in [0.4, 0.5) is 5.69 Å². The molecule has 0 aliphatic carbocycles. The van der Waals surface area contributed by atoms with E-state index < -0.39 is 0 Å². The largest absolute Gasteiger partial charge is 0.320 e. The number of fused-ring (bicyclic) bond motifs is 1. The summed E-state index contributed by atoms with van der Waals surface area (Å²) < 4.78 is 0. The van der Waals surface area contributed by atoms with Gasteiger partial charge in [0.1, 0.15) is 5.69 Å². The molecule has 0 aliphatic heterocycles. The minimum absolute atomic E-state index is 0.249. The van der Waals surface area contributed by atoms with Crippen molar-refractivity contribution in [2.45, 2.75) is 6.92 Å². The third-order valence-corrected chi connectivity index (χ3v) is 5.28. The number of hydrogen-bond acceptors (Lipinski definition) is 4. The van der Waals surface area contributed by atoms with E-state index in [4.69, 9.17) is 11.6 Å². The van der Waals surface area contributed by atoms with Gasteiger partial charge < -0.3 is 5.32 Å². The number of anilines is 1. The topological polar surface area (TPSA) is 54.9 Å². The van der Waals surface area contributed by atoms with E-state index in [2.05, 4.69) is 15.3 Å². The zero-order valence-corrected chi connectivity index (χ0v) is 15.4. The number of halogens is 1. The molecule has 4 nitrogen and oxygen atoms in total. The number of pyridine rings is 1. The highest BCUT2D eigenvalue weighted by molar-refractivity contribution is 7.15. The van der Waals surface area contributed by atoms with Gasteiger partial charge in [-0.1, -0.05) is 41.9 Å². The maximum Gasteiger partial charge on any atom is 0.275 e. The second-order valence-electron chi connectivity index (χ2n) is 5.73. The molecule has 0 saturated heterocycles. The van der Waals surface area contributed by atoms with Gasteiger partial charge in [-0.3, -0.25) is 9.78 Å². The fraction of sp³-hybridized carbons (Fsp3) is 0.0500. The summed E-state index contributed by atoms with van der Waals surface area (Å²) in [6, 6.07) is 17.0. The summed E-state index contributed by atoms with van der Waals surface area (Å²) in [6.07, 6.45) is 1.68. The number of carbonyl (C=O) groups is 1. The Kier molecular flexibility index (Phi) is 4.41. The first-order valence-electron chi connectivity index (χ1n) is 8.01. The van der Waals surface area contributed by atoms with Gasteiger partial charge in [-0.2, -0.15) is 0 Å². The zero-order valence-electron chi connectivity index (χ0n) is 13.9. The van der Waals surface area contributed by atoms with Crippen LogP contribution in [0.1, 0.15) is 15.5 Å². The normalized spacial score (nSPS) is 10.8.